The van der Waals surface area contributed by atoms with Gasteiger partial charge in [-0.15, -0.1) is 11.3 Å². The Balaban J connectivity index is 1.60. The summed E-state index contributed by atoms with van der Waals surface area (Å²) in [4.78, 5) is 21.0. The number of rotatable bonds is 8. The molecule has 0 saturated carbocycles. The molecule has 0 radical (unpaired) electrons. The number of hydrogen-bond acceptors (Lipinski definition) is 7. The number of ether oxygens (including phenoxy) is 2. The van der Waals surface area contributed by atoms with E-state index in [0.29, 0.717) is 6.61 Å². The van der Waals surface area contributed by atoms with Gasteiger partial charge in [0, 0.05) is 38.7 Å². The van der Waals surface area contributed by atoms with E-state index < -0.39 is 0 Å². The number of aromatic nitrogens is 1. The molecule has 1 aliphatic rings. The van der Waals surface area contributed by atoms with E-state index in [1.165, 1.54) is 17.0 Å². The van der Waals surface area contributed by atoms with Crippen LogP contribution in [0.5, 0.6) is 5.75 Å². The lowest BCUT2D eigenvalue weighted by Gasteiger charge is -2.35. The van der Waals surface area contributed by atoms with Crippen LogP contribution in [-0.2, 0) is 16.0 Å². The van der Waals surface area contributed by atoms with Gasteiger partial charge in [-0.2, -0.15) is 0 Å². The second-order valence-electron chi connectivity index (χ2n) is 8.06. The third-order valence-corrected chi connectivity index (χ3v) is 6.94. The summed E-state index contributed by atoms with van der Waals surface area (Å²) in [5, 5.41) is 3.38. The van der Waals surface area contributed by atoms with Crippen LogP contribution in [0.3, 0.4) is 0 Å². The van der Waals surface area contributed by atoms with Crippen molar-refractivity contribution in [3.05, 3.63) is 41.3 Å². The normalized spacial score (nSPS) is 14.7. The topological polar surface area (TPSA) is 54.9 Å². The highest BCUT2D eigenvalue weighted by Crippen LogP contribution is 2.35. The molecule has 1 aromatic carbocycles. The monoisotopic (exact) mass is 453 g/mol. The predicted octanol–water partition coefficient (Wildman–Crippen LogP) is 4.61. The van der Waals surface area contributed by atoms with Crippen molar-refractivity contribution >= 4 is 33.2 Å². The molecule has 7 heteroatoms. The number of hydrogen-bond donors (Lipinski definition) is 0. The Morgan fingerprint density at radius 2 is 1.97 bits per heavy atom. The van der Waals surface area contributed by atoms with Gasteiger partial charge in [0.2, 0.25) is 0 Å². The van der Waals surface area contributed by atoms with E-state index >= 15 is 0 Å². The largest absolute Gasteiger partial charge is 0.496 e. The molecular weight excluding hydrogens is 422 g/mol. The average Bonchev–Trinajstić information content (AvgIpc) is 3.30. The van der Waals surface area contributed by atoms with Gasteiger partial charge in [0.1, 0.15) is 11.6 Å². The Bertz CT molecular complexity index is 1070. The summed E-state index contributed by atoms with van der Waals surface area (Å²) in [6.07, 6.45) is 1.56. The minimum absolute atomic E-state index is 0.242. The van der Waals surface area contributed by atoms with Crippen molar-refractivity contribution in [2.45, 2.75) is 26.7 Å². The molecule has 0 amide bonds. The van der Waals surface area contributed by atoms with E-state index in [2.05, 4.69) is 52.4 Å². The lowest BCUT2D eigenvalue weighted by atomic mass is 10.0. The summed E-state index contributed by atoms with van der Waals surface area (Å²) in [5.41, 5.74) is 3.12. The number of fused-ring (bicyclic) bond motifs is 1. The van der Waals surface area contributed by atoms with Crippen molar-refractivity contribution in [3.8, 4) is 17.0 Å². The number of esters is 1. The third-order valence-electron chi connectivity index (χ3n) is 6.02. The highest BCUT2D eigenvalue weighted by Gasteiger charge is 2.20. The molecule has 170 valence electrons. The van der Waals surface area contributed by atoms with Gasteiger partial charge in [-0.05, 0) is 53.9 Å². The molecular formula is C25H31N3O3S. The second kappa shape index (κ2) is 10.3. The Kier molecular flexibility index (Phi) is 7.27. The third kappa shape index (κ3) is 5.05. The van der Waals surface area contributed by atoms with Crippen LogP contribution in [0.4, 0.5) is 5.82 Å². The van der Waals surface area contributed by atoms with Gasteiger partial charge in [0.25, 0.3) is 0 Å². The minimum Gasteiger partial charge on any atom is -0.496 e. The first-order valence-electron chi connectivity index (χ1n) is 11.2. The molecule has 0 N–H and O–H groups in total. The Labute approximate surface area is 193 Å². The molecule has 0 spiro atoms. The van der Waals surface area contributed by atoms with Gasteiger partial charge in [-0.25, -0.2) is 4.98 Å². The summed E-state index contributed by atoms with van der Waals surface area (Å²) in [6, 6.07) is 10.6. The van der Waals surface area contributed by atoms with E-state index in [0.717, 1.165) is 74.0 Å². The van der Waals surface area contributed by atoms with Gasteiger partial charge in [0.05, 0.1) is 24.1 Å². The molecule has 3 heterocycles. The smallest absolute Gasteiger partial charge is 0.302 e. The molecule has 3 aromatic rings. The van der Waals surface area contributed by atoms with E-state index in [4.69, 9.17) is 14.5 Å². The SMILES string of the molecule is CCN1CCN(c2nc(-c3ccc(CCCOC(C)=O)c(OC)c3)cc3ccsc23)CC1. The quantitative estimate of drug-likeness (QED) is 0.367. The fourth-order valence-corrected chi connectivity index (χ4v) is 5.08. The summed E-state index contributed by atoms with van der Waals surface area (Å²) >= 11 is 1.76. The van der Waals surface area contributed by atoms with Crippen molar-refractivity contribution in [2.24, 2.45) is 0 Å². The number of benzene rings is 1. The van der Waals surface area contributed by atoms with Gasteiger partial charge in [-0.1, -0.05) is 19.1 Å². The number of piperazine rings is 1. The van der Waals surface area contributed by atoms with E-state index in [1.54, 1.807) is 18.4 Å². The second-order valence-corrected chi connectivity index (χ2v) is 8.98. The molecule has 0 aliphatic carbocycles. The van der Waals surface area contributed by atoms with Crippen LogP contribution in [0.1, 0.15) is 25.8 Å². The van der Waals surface area contributed by atoms with Crippen LogP contribution in [0, 0.1) is 0 Å². The zero-order chi connectivity index (χ0) is 22.5. The zero-order valence-electron chi connectivity index (χ0n) is 19.1. The molecule has 1 aliphatic heterocycles. The highest BCUT2D eigenvalue weighted by atomic mass is 32.1. The molecule has 2 aromatic heterocycles. The molecule has 1 saturated heterocycles. The maximum Gasteiger partial charge on any atom is 0.302 e. The molecule has 0 unspecified atom stereocenters. The summed E-state index contributed by atoms with van der Waals surface area (Å²) in [5.74, 6) is 1.69. The highest BCUT2D eigenvalue weighted by molar-refractivity contribution is 7.17. The summed E-state index contributed by atoms with van der Waals surface area (Å²) in [6.45, 7) is 9.33. The van der Waals surface area contributed by atoms with Crippen molar-refractivity contribution in [2.75, 3.05) is 51.3 Å². The zero-order valence-corrected chi connectivity index (χ0v) is 19.9. The van der Waals surface area contributed by atoms with Gasteiger partial charge >= 0.3 is 5.97 Å². The van der Waals surface area contributed by atoms with Crippen molar-refractivity contribution < 1.29 is 14.3 Å². The first kappa shape index (κ1) is 22.6. The summed E-state index contributed by atoms with van der Waals surface area (Å²) in [7, 11) is 1.70. The Morgan fingerprint density at radius 3 is 2.69 bits per heavy atom. The molecule has 6 nitrogen and oxygen atoms in total. The maximum absolute atomic E-state index is 11.0. The van der Waals surface area contributed by atoms with E-state index in [1.807, 2.05) is 0 Å². The molecule has 4 rings (SSSR count). The molecule has 0 bridgehead atoms. The van der Waals surface area contributed by atoms with Crippen LogP contribution in [-0.4, -0.2) is 62.3 Å². The fourth-order valence-electron chi connectivity index (χ4n) is 4.19. The molecule has 0 atom stereocenters. The van der Waals surface area contributed by atoms with E-state index in [-0.39, 0.29) is 5.97 Å². The first-order chi connectivity index (χ1) is 15.6. The van der Waals surface area contributed by atoms with Gasteiger partial charge in [-0.3, -0.25) is 4.79 Å². The van der Waals surface area contributed by atoms with Crippen molar-refractivity contribution in [3.63, 3.8) is 0 Å². The van der Waals surface area contributed by atoms with Gasteiger partial charge in [0.15, 0.2) is 0 Å². The standard InChI is InChI=1S/C25H31N3O3S/c1-4-27-10-12-28(13-11-27)25-24-21(9-15-32-24)16-22(26-25)20-8-7-19(23(17-20)30-3)6-5-14-31-18(2)29/h7-9,15-17H,4-6,10-14H2,1-3H3. The van der Waals surface area contributed by atoms with Gasteiger partial charge < -0.3 is 19.3 Å². The van der Waals surface area contributed by atoms with Crippen molar-refractivity contribution in [1.82, 2.24) is 9.88 Å². The van der Waals surface area contributed by atoms with Crippen LogP contribution in [0.25, 0.3) is 21.3 Å². The van der Waals surface area contributed by atoms with Crippen LogP contribution < -0.4 is 9.64 Å². The maximum atomic E-state index is 11.0. The van der Waals surface area contributed by atoms with E-state index in [9.17, 15) is 4.79 Å². The van der Waals surface area contributed by atoms with Crippen LogP contribution in [0.15, 0.2) is 35.7 Å². The number of nitrogens with zero attached hydrogens (tertiary/aromatic N) is 3. The number of pyridine rings is 1. The number of anilines is 1. The fraction of sp³-hybridized carbons (Fsp3) is 0.440. The lowest BCUT2D eigenvalue weighted by Crippen LogP contribution is -2.46. The minimum atomic E-state index is -0.242. The number of aryl methyl sites for hydroxylation is 1. The van der Waals surface area contributed by atoms with Crippen LogP contribution in [0.2, 0.25) is 0 Å². The molecule has 32 heavy (non-hydrogen) atoms. The summed E-state index contributed by atoms with van der Waals surface area (Å²) < 4.78 is 12.0. The number of thiophene rings is 1. The Hall–Kier alpha value is -2.64. The average molecular weight is 454 g/mol. The first-order valence-corrected chi connectivity index (χ1v) is 12.1. The number of likely N-dealkylation sites (N-methyl/N-ethyl adjacent to an activating group) is 1. The number of carbonyl (C=O) groups is 1. The lowest BCUT2D eigenvalue weighted by molar-refractivity contribution is -0.141. The Morgan fingerprint density at radius 1 is 1.16 bits per heavy atom. The van der Waals surface area contributed by atoms with Crippen LogP contribution >= 0.6 is 11.3 Å². The van der Waals surface area contributed by atoms with Crippen molar-refractivity contribution in [1.29, 1.82) is 0 Å². The number of carbonyl (C=O) groups excluding carboxylic acids is 1. The predicted molar refractivity (Wildman–Crippen MR) is 131 cm³/mol. The number of methoxy groups -OCH3 is 1. The molecule has 1 fully saturated rings.